The van der Waals surface area contributed by atoms with E-state index in [0.29, 0.717) is 5.82 Å². The maximum absolute atomic E-state index is 5.62. The van der Waals surface area contributed by atoms with E-state index in [-0.39, 0.29) is 0 Å². The van der Waals surface area contributed by atoms with Crippen LogP contribution in [0.15, 0.2) is 243 Å². The number of aromatic nitrogens is 6. The van der Waals surface area contributed by atoms with Crippen LogP contribution in [0.25, 0.3) is 144 Å². The highest BCUT2D eigenvalue weighted by Crippen LogP contribution is 2.43. The zero-order valence-corrected chi connectivity index (χ0v) is 44.8. The number of para-hydroxylation sites is 8. The number of benzene rings is 11. The lowest BCUT2D eigenvalue weighted by Gasteiger charge is -2.18. The van der Waals surface area contributed by atoms with Gasteiger partial charge in [-0.3, -0.25) is 0 Å². The van der Waals surface area contributed by atoms with Crippen molar-refractivity contribution < 1.29 is 0 Å². The fourth-order valence-electron chi connectivity index (χ4n) is 13.3. The molecule has 5 aromatic heterocycles. The molecule has 6 heteroatoms. The van der Waals surface area contributed by atoms with Gasteiger partial charge in [-0.15, -0.1) is 0 Å². The van der Waals surface area contributed by atoms with E-state index in [4.69, 9.17) is 9.97 Å². The summed E-state index contributed by atoms with van der Waals surface area (Å²) < 4.78 is 9.85. The molecule has 16 rings (SSSR count). The quantitative estimate of drug-likeness (QED) is 0.160. The zero-order chi connectivity index (χ0) is 53.3. The van der Waals surface area contributed by atoms with Gasteiger partial charge in [0.05, 0.1) is 55.5 Å². The fraction of sp³-hybridized carbons (Fsp3) is 0.0541. The van der Waals surface area contributed by atoms with Gasteiger partial charge in [-0.05, 0) is 117 Å². The number of aryl methyl sites for hydroxylation is 4. The summed E-state index contributed by atoms with van der Waals surface area (Å²) in [5, 5.41) is 9.77. The molecule has 0 N–H and O–H groups in total. The molecule has 16 aromatic rings. The minimum Gasteiger partial charge on any atom is -0.309 e. The molecule has 0 saturated heterocycles. The number of hydrogen-bond donors (Lipinski definition) is 0. The van der Waals surface area contributed by atoms with Crippen LogP contribution >= 0.6 is 0 Å². The van der Waals surface area contributed by atoms with Crippen LogP contribution < -0.4 is 0 Å². The Kier molecular flexibility index (Phi) is 10.1. The molecule has 0 atom stereocenters. The van der Waals surface area contributed by atoms with Crippen LogP contribution in [0.3, 0.4) is 0 Å². The van der Waals surface area contributed by atoms with Gasteiger partial charge >= 0.3 is 0 Å². The maximum atomic E-state index is 5.62. The van der Waals surface area contributed by atoms with Gasteiger partial charge in [0.2, 0.25) is 0 Å². The van der Waals surface area contributed by atoms with Crippen LogP contribution in [0.2, 0.25) is 0 Å². The molecule has 6 nitrogen and oxygen atoms in total. The Bertz CT molecular complexity index is 4660. The molecule has 0 aliphatic carbocycles. The molecule has 0 saturated carbocycles. The number of hydrogen-bond acceptors (Lipinski definition) is 2. The second kappa shape index (κ2) is 17.6. The average Bonchev–Trinajstić information content (AvgIpc) is 4.31. The summed E-state index contributed by atoms with van der Waals surface area (Å²) in [6.45, 7) is 8.91. The van der Waals surface area contributed by atoms with Crippen molar-refractivity contribution in [3.8, 4) is 56.7 Å². The van der Waals surface area contributed by atoms with E-state index in [1.54, 1.807) is 0 Å². The molecule has 5 heterocycles. The van der Waals surface area contributed by atoms with Crippen molar-refractivity contribution in [2.24, 2.45) is 0 Å². The van der Waals surface area contributed by atoms with E-state index < -0.39 is 0 Å². The fourth-order valence-corrected chi connectivity index (χ4v) is 13.3. The van der Waals surface area contributed by atoms with Gasteiger partial charge in [-0.2, -0.15) is 0 Å². The van der Waals surface area contributed by atoms with Crippen molar-refractivity contribution in [1.29, 1.82) is 0 Å². The summed E-state index contributed by atoms with van der Waals surface area (Å²) in [7, 11) is 0. The van der Waals surface area contributed by atoms with Crippen molar-refractivity contribution in [2.75, 3.05) is 0 Å². The van der Waals surface area contributed by atoms with Gasteiger partial charge in [0.1, 0.15) is 0 Å². The first-order valence-corrected chi connectivity index (χ1v) is 27.6. The Morgan fingerprint density at radius 2 is 0.512 bits per heavy atom. The molecule has 0 unspecified atom stereocenters. The molecular weight excluding hydrogens is 973 g/mol. The maximum Gasteiger partial charge on any atom is 0.160 e. The first-order chi connectivity index (χ1) is 39.3. The molecule has 0 radical (unpaired) electrons. The molecule has 0 spiro atoms. The van der Waals surface area contributed by atoms with Crippen LogP contribution in [0.4, 0.5) is 0 Å². The SMILES string of the molecule is Cc1cccc2c3ccccc3n(-c3cc(-c4cc(-c5cc(-n6c7ccccc7c7cccc(C)c76)cc(-n6c7ccccc7c7cccc(C)c76)c5)nc(-c5ccccc5)n4)cc(-n4c5ccccc5c5cccc(C)c54)c3)c12. The van der Waals surface area contributed by atoms with E-state index in [1.165, 1.54) is 87.4 Å². The molecule has 378 valence electrons. The minimum absolute atomic E-state index is 0.651. The standard InChI is InChI=1S/C74H52N6/c1-45-20-16-30-60-56-26-8-12-34-66(56)77(70(45)60)52-38-50(39-53(42-52)78-67-35-13-9-27-57(67)61-31-17-21-46(2)71(61)78)64-44-65(76-74(75-64)49-24-6-5-7-25-49)51-40-54(79-68-36-14-10-28-58(68)62-32-18-22-47(3)72(62)79)43-55(41-51)80-69-37-15-11-29-59(69)63-33-19-23-48(4)73(63)80/h5-44H,1-4H3. The predicted octanol–water partition coefficient (Wildman–Crippen LogP) is 19.1. The summed E-state index contributed by atoms with van der Waals surface area (Å²) in [4.78, 5) is 11.2. The lowest BCUT2D eigenvalue weighted by molar-refractivity contribution is 1.11. The highest BCUT2D eigenvalue weighted by Gasteiger charge is 2.23. The van der Waals surface area contributed by atoms with Gasteiger partial charge in [-0.25, -0.2) is 9.97 Å². The van der Waals surface area contributed by atoms with Gasteiger partial charge in [0.25, 0.3) is 0 Å². The first kappa shape index (κ1) is 45.9. The Labute approximate surface area is 462 Å². The van der Waals surface area contributed by atoms with Crippen molar-refractivity contribution in [1.82, 2.24) is 28.2 Å². The topological polar surface area (TPSA) is 45.5 Å². The van der Waals surface area contributed by atoms with Crippen LogP contribution in [-0.2, 0) is 0 Å². The second-order valence-corrected chi connectivity index (χ2v) is 21.6. The Hall–Kier alpha value is -10.3. The van der Waals surface area contributed by atoms with E-state index in [1.807, 2.05) is 0 Å². The average molecular weight is 1030 g/mol. The molecule has 0 aliphatic heterocycles. The molecule has 0 fully saturated rings. The molecule has 0 aliphatic rings. The number of nitrogens with zero attached hydrogens (tertiary/aromatic N) is 6. The highest BCUT2D eigenvalue weighted by molar-refractivity contribution is 6.14. The third-order valence-corrected chi connectivity index (χ3v) is 16.8. The van der Waals surface area contributed by atoms with Crippen molar-refractivity contribution in [2.45, 2.75) is 27.7 Å². The third kappa shape index (κ3) is 6.85. The Morgan fingerprint density at radius 1 is 0.237 bits per heavy atom. The summed E-state index contributed by atoms with van der Waals surface area (Å²) in [5.74, 6) is 0.651. The molecule has 0 amide bonds. The van der Waals surface area contributed by atoms with Gasteiger partial charge in [0, 0.05) is 82.5 Å². The largest absolute Gasteiger partial charge is 0.309 e. The van der Waals surface area contributed by atoms with Crippen molar-refractivity contribution in [3.63, 3.8) is 0 Å². The third-order valence-electron chi connectivity index (χ3n) is 16.8. The normalized spacial score (nSPS) is 12.0. The number of fused-ring (bicyclic) bond motifs is 12. The minimum atomic E-state index is 0.651. The molecule has 0 bridgehead atoms. The summed E-state index contributed by atoms with van der Waals surface area (Å²) in [6, 6.07) is 88.7. The van der Waals surface area contributed by atoms with Crippen LogP contribution in [0, 0.1) is 27.7 Å². The highest BCUT2D eigenvalue weighted by atomic mass is 15.0. The van der Waals surface area contributed by atoms with E-state index >= 15 is 0 Å². The smallest absolute Gasteiger partial charge is 0.160 e. The van der Waals surface area contributed by atoms with Crippen LogP contribution in [-0.4, -0.2) is 28.2 Å². The van der Waals surface area contributed by atoms with E-state index in [9.17, 15) is 0 Å². The summed E-state index contributed by atoms with van der Waals surface area (Å²) >= 11 is 0. The van der Waals surface area contributed by atoms with Gasteiger partial charge < -0.3 is 18.3 Å². The van der Waals surface area contributed by atoms with Crippen LogP contribution in [0.5, 0.6) is 0 Å². The van der Waals surface area contributed by atoms with E-state index in [2.05, 4.69) is 289 Å². The lowest BCUT2D eigenvalue weighted by atomic mass is 10.0. The Balaban J connectivity index is 1.02. The molecule has 11 aromatic carbocycles. The van der Waals surface area contributed by atoms with Gasteiger partial charge in [-0.1, -0.05) is 176 Å². The van der Waals surface area contributed by atoms with Crippen molar-refractivity contribution in [3.05, 3.63) is 265 Å². The molecular formula is C74H52N6. The zero-order valence-electron chi connectivity index (χ0n) is 44.8. The monoisotopic (exact) mass is 1020 g/mol. The van der Waals surface area contributed by atoms with E-state index in [0.717, 1.165) is 72.9 Å². The summed E-state index contributed by atoms with van der Waals surface area (Å²) in [5.41, 5.74) is 22.9. The summed E-state index contributed by atoms with van der Waals surface area (Å²) in [6.07, 6.45) is 0. The predicted molar refractivity (Wildman–Crippen MR) is 335 cm³/mol. The second-order valence-electron chi connectivity index (χ2n) is 21.6. The van der Waals surface area contributed by atoms with Gasteiger partial charge in [0.15, 0.2) is 5.82 Å². The van der Waals surface area contributed by atoms with Crippen molar-refractivity contribution >= 4 is 87.2 Å². The lowest BCUT2D eigenvalue weighted by Crippen LogP contribution is -2.03. The van der Waals surface area contributed by atoms with Crippen LogP contribution in [0.1, 0.15) is 22.3 Å². The number of rotatable bonds is 7. The first-order valence-electron chi connectivity index (χ1n) is 27.6. The Morgan fingerprint density at radius 3 is 0.825 bits per heavy atom. The molecule has 80 heavy (non-hydrogen) atoms.